The van der Waals surface area contributed by atoms with Gasteiger partial charge in [-0.25, -0.2) is 0 Å². The van der Waals surface area contributed by atoms with Gasteiger partial charge in [0.1, 0.15) is 0 Å². The molecule has 1 heterocycles. The van der Waals surface area contributed by atoms with Crippen molar-refractivity contribution in [2.45, 2.75) is 10.8 Å². The van der Waals surface area contributed by atoms with Gasteiger partial charge in [0, 0.05) is 20.9 Å². The second kappa shape index (κ2) is 4.60. The van der Waals surface area contributed by atoms with Crippen LogP contribution in [0.1, 0.15) is 5.56 Å². The number of halogens is 2. The first-order chi connectivity index (χ1) is 6.74. The second-order valence-corrected chi connectivity index (χ2v) is 6.99. The fraction of sp³-hybridized carbons (Fsp3) is 0.200. The van der Waals surface area contributed by atoms with E-state index in [0.717, 1.165) is 0 Å². The van der Waals surface area contributed by atoms with Crippen molar-refractivity contribution in [3.63, 3.8) is 0 Å². The van der Waals surface area contributed by atoms with E-state index in [9.17, 15) is 0 Å². The van der Waals surface area contributed by atoms with E-state index in [0.29, 0.717) is 5.88 Å². The molecule has 0 aliphatic carbocycles. The molecule has 74 valence electrons. The molecular weight excluding hydrogens is 347 g/mol. The van der Waals surface area contributed by atoms with Crippen LogP contribution < -0.4 is 0 Å². The number of hydrogen-bond acceptors (Lipinski definition) is 2. The summed E-state index contributed by atoms with van der Waals surface area (Å²) < 4.78 is 2.68. The highest BCUT2D eigenvalue weighted by molar-refractivity contribution is 14.1. The van der Waals surface area contributed by atoms with Gasteiger partial charge in [0.15, 0.2) is 0 Å². The number of rotatable bonds is 2. The number of fused-ring (bicyclic) bond motifs is 1. The normalized spacial score (nSPS) is 11.1. The van der Waals surface area contributed by atoms with Gasteiger partial charge in [-0.3, -0.25) is 0 Å². The van der Waals surface area contributed by atoms with E-state index in [1.807, 2.05) is 11.3 Å². The highest BCUT2D eigenvalue weighted by Crippen LogP contribution is 2.35. The van der Waals surface area contributed by atoms with E-state index in [2.05, 4.69) is 47.0 Å². The zero-order valence-corrected chi connectivity index (χ0v) is 12.1. The van der Waals surface area contributed by atoms with Crippen LogP contribution in [0.25, 0.3) is 10.1 Å². The maximum atomic E-state index is 5.86. The van der Waals surface area contributed by atoms with Crippen LogP contribution in [0.2, 0.25) is 0 Å². The lowest BCUT2D eigenvalue weighted by Crippen LogP contribution is -1.79. The lowest BCUT2D eigenvalue weighted by atomic mass is 10.2. The van der Waals surface area contributed by atoms with Crippen LogP contribution in [-0.4, -0.2) is 6.26 Å². The highest BCUT2D eigenvalue weighted by Gasteiger charge is 2.06. The molecule has 0 bridgehead atoms. The van der Waals surface area contributed by atoms with Gasteiger partial charge < -0.3 is 0 Å². The van der Waals surface area contributed by atoms with E-state index in [1.54, 1.807) is 11.8 Å². The molecule has 0 atom stereocenters. The molecule has 14 heavy (non-hydrogen) atoms. The predicted octanol–water partition coefficient (Wildman–Crippen LogP) is 4.97. The first-order valence-corrected chi connectivity index (χ1v) is 7.72. The Morgan fingerprint density at radius 2 is 2.21 bits per heavy atom. The van der Waals surface area contributed by atoms with Gasteiger partial charge in [-0.05, 0) is 52.6 Å². The predicted molar refractivity (Wildman–Crippen MR) is 75.9 cm³/mol. The van der Waals surface area contributed by atoms with Crippen LogP contribution in [0.3, 0.4) is 0 Å². The first kappa shape index (κ1) is 11.0. The Morgan fingerprint density at radius 3 is 2.86 bits per heavy atom. The summed E-state index contributed by atoms with van der Waals surface area (Å²) >= 11 is 11.8. The van der Waals surface area contributed by atoms with Gasteiger partial charge in [0.2, 0.25) is 0 Å². The van der Waals surface area contributed by atoms with Crippen LogP contribution in [0.4, 0.5) is 0 Å². The molecule has 0 unspecified atom stereocenters. The van der Waals surface area contributed by atoms with Gasteiger partial charge in [-0.2, -0.15) is 0 Å². The smallest absolute Gasteiger partial charge is 0.0666 e. The van der Waals surface area contributed by atoms with Gasteiger partial charge in [0.25, 0.3) is 0 Å². The van der Waals surface area contributed by atoms with Gasteiger partial charge in [0.05, 0.1) is 2.88 Å². The lowest BCUT2D eigenvalue weighted by molar-refractivity contribution is 1.37. The molecule has 0 radical (unpaired) electrons. The monoisotopic (exact) mass is 354 g/mol. The zero-order chi connectivity index (χ0) is 10.1. The SMILES string of the molecule is CSc1cc(CCl)cc2sc(I)cc12. The third kappa shape index (κ3) is 2.05. The van der Waals surface area contributed by atoms with E-state index < -0.39 is 0 Å². The number of thiophene rings is 1. The Bertz CT molecular complexity index is 464. The summed E-state index contributed by atoms with van der Waals surface area (Å²) in [6.45, 7) is 0. The molecule has 0 saturated carbocycles. The summed E-state index contributed by atoms with van der Waals surface area (Å²) in [7, 11) is 0. The summed E-state index contributed by atoms with van der Waals surface area (Å²) in [6, 6.07) is 6.61. The van der Waals surface area contributed by atoms with Gasteiger partial charge in [-0.1, -0.05) is 0 Å². The van der Waals surface area contributed by atoms with Crippen molar-refractivity contribution in [2.24, 2.45) is 0 Å². The standard InChI is InChI=1S/C10H8ClIS2/c1-13-8-2-6(5-11)3-9-7(8)4-10(12)14-9/h2-4H,5H2,1H3. The maximum absolute atomic E-state index is 5.86. The fourth-order valence-corrected chi connectivity index (χ4v) is 4.15. The number of hydrogen-bond donors (Lipinski definition) is 0. The number of thioether (sulfide) groups is 1. The average Bonchev–Trinajstić information content (AvgIpc) is 2.56. The van der Waals surface area contributed by atoms with Crippen molar-refractivity contribution in [2.75, 3.05) is 6.26 Å². The van der Waals surface area contributed by atoms with E-state index >= 15 is 0 Å². The molecule has 0 amide bonds. The highest BCUT2D eigenvalue weighted by atomic mass is 127. The molecular formula is C10H8ClIS2. The van der Waals surface area contributed by atoms with Crippen LogP contribution in [0.5, 0.6) is 0 Å². The summed E-state index contributed by atoms with van der Waals surface area (Å²) in [5.41, 5.74) is 1.21. The van der Waals surface area contributed by atoms with Crippen LogP contribution >= 0.6 is 57.3 Å². The van der Waals surface area contributed by atoms with Crippen molar-refractivity contribution in [3.05, 3.63) is 26.6 Å². The van der Waals surface area contributed by atoms with Crippen molar-refractivity contribution in [1.82, 2.24) is 0 Å². The summed E-state index contributed by atoms with van der Waals surface area (Å²) in [5.74, 6) is 0.595. The van der Waals surface area contributed by atoms with E-state index in [1.165, 1.54) is 23.4 Å². The molecule has 2 aromatic rings. The minimum atomic E-state index is 0.595. The van der Waals surface area contributed by atoms with Gasteiger partial charge in [-0.15, -0.1) is 34.7 Å². The van der Waals surface area contributed by atoms with Gasteiger partial charge >= 0.3 is 0 Å². The maximum Gasteiger partial charge on any atom is 0.0666 e. The number of alkyl halides is 1. The zero-order valence-electron chi connectivity index (χ0n) is 7.51. The molecule has 0 aliphatic heterocycles. The third-order valence-corrected chi connectivity index (χ3v) is 4.93. The number of benzene rings is 1. The molecule has 0 saturated heterocycles. The first-order valence-electron chi connectivity index (χ1n) is 4.06. The lowest BCUT2D eigenvalue weighted by Gasteiger charge is -2.02. The molecule has 1 aromatic heterocycles. The van der Waals surface area contributed by atoms with Crippen molar-refractivity contribution >= 4 is 67.4 Å². The summed E-state index contributed by atoms with van der Waals surface area (Å²) in [6.07, 6.45) is 2.11. The Balaban J connectivity index is 2.72. The molecule has 0 aliphatic rings. The summed E-state index contributed by atoms with van der Waals surface area (Å²) in [4.78, 5) is 1.33. The topological polar surface area (TPSA) is 0 Å². The molecule has 0 N–H and O–H groups in total. The van der Waals surface area contributed by atoms with Crippen LogP contribution in [-0.2, 0) is 5.88 Å². The molecule has 1 aromatic carbocycles. The molecule has 4 heteroatoms. The third-order valence-electron chi connectivity index (χ3n) is 2.00. The Kier molecular flexibility index (Phi) is 3.63. The molecule has 0 nitrogen and oxygen atoms in total. The molecule has 2 rings (SSSR count). The Morgan fingerprint density at radius 1 is 1.43 bits per heavy atom. The van der Waals surface area contributed by atoms with E-state index in [4.69, 9.17) is 11.6 Å². The largest absolute Gasteiger partial charge is 0.129 e. The molecule has 0 fully saturated rings. The van der Waals surface area contributed by atoms with Crippen LogP contribution in [0.15, 0.2) is 23.1 Å². The fourth-order valence-electron chi connectivity index (χ4n) is 1.38. The summed E-state index contributed by atoms with van der Waals surface area (Å²) in [5, 5.41) is 1.36. The minimum Gasteiger partial charge on any atom is -0.129 e. The van der Waals surface area contributed by atoms with Crippen molar-refractivity contribution in [1.29, 1.82) is 0 Å². The average molecular weight is 355 g/mol. The molecule has 0 spiro atoms. The van der Waals surface area contributed by atoms with Crippen molar-refractivity contribution in [3.8, 4) is 0 Å². The quantitative estimate of drug-likeness (QED) is 0.417. The van der Waals surface area contributed by atoms with Crippen molar-refractivity contribution < 1.29 is 0 Å². The minimum absolute atomic E-state index is 0.595. The second-order valence-electron chi connectivity index (χ2n) is 2.89. The Labute approximate surface area is 110 Å². The Hall–Kier alpha value is 0.550. The van der Waals surface area contributed by atoms with Crippen LogP contribution in [0, 0.1) is 2.88 Å². The van der Waals surface area contributed by atoms with E-state index in [-0.39, 0.29) is 0 Å².